The second-order valence-corrected chi connectivity index (χ2v) is 18.5. The molecule has 2 saturated heterocycles. The third-order valence-electron chi connectivity index (χ3n) is 6.00. The lowest BCUT2D eigenvalue weighted by Crippen LogP contribution is -2.33. The van der Waals surface area contributed by atoms with Gasteiger partial charge in [0.05, 0.1) is 7.11 Å². The molecule has 1 atom stereocenters. The van der Waals surface area contributed by atoms with E-state index in [2.05, 4.69) is 0 Å². The Labute approximate surface area is 209 Å². The van der Waals surface area contributed by atoms with Gasteiger partial charge in [-0.3, -0.25) is 0 Å². The molecule has 2 aliphatic heterocycles. The Morgan fingerprint density at radius 1 is 0.778 bits per heavy atom. The fourth-order valence-corrected chi connectivity index (χ4v) is 16.8. The second kappa shape index (κ2) is 10.4. The van der Waals surface area contributed by atoms with E-state index in [9.17, 15) is 43.2 Å². The van der Waals surface area contributed by atoms with Crippen LogP contribution in [0.25, 0.3) is 0 Å². The van der Waals surface area contributed by atoms with E-state index < -0.39 is 57.1 Å². The molecule has 0 amide bonds. The summed E-state index contributed by atoms with van der Waals surface area (Å²) < 4.78 is 143. The molecule has 2 fully saturated rings. The summed E-state index contributed by atoms with van der Waals surface area (Å²) in [6.45, 7) is 0. The summed E-state index contributed by atoms with van der Waals surface area (Å²) in [4.78, 5) is 0. The van der Waals surface area contributed by atoms with Gasteiger partial charge in [0.15, 0.2) is 0 Å². The van der Waals surface area contributed by atoms with Crippen molar-refractivity contribution in [3.05, 3.63) is 29.8 Å². The topological polar surface area (TPSA) is 96.0 Å². The van der Waals surface area contributed by atoms with E-state index in [1.165, 1.54) is 31.4 Å². The van der Waals surface area contributed by atoms with Gasteiger partial charge in [-0.2, -0.15) is 43.2 Å². The van der Waals surface area contributed by atoms with Crippen LogP contribution in [-0.4, -0.2) is 63.7 Å². The SMILES string of the molecule is COc1ccc(C(CS2(OS(=O)(=O)C(F)(F)F)CCCC2)S2(OS(=O)(=O)C(F)(F)F)CCCC2)cc1. The third-order valence-corrected chi connectivity index (χ3v) is 17.5. The zero-order valence-electron chi connectivity index (χ0n) is 19.0. The van der Waals surface area contributed by atoms with Crippen LogP contribution in [0.4, 0.5) is 26.3 Å². The number of methoxy groups -OCH3 is 1. The van der Waals surface area contributed by atoms with E-state index in [1.54, 1.807) is 0 Å². The van der Waals surface area contributed by atoms with Crippen LogP contribution in [0.1, 0.15) is 36.5 Å². The predicted molar refractivity (Wildman–Crippen MR) is 126 cm³/mol. The van der Waals surface area contributed by atoms with E-state index in [4.69, 9.17) is 12.0 Å². The molecule has 36 heavy (non-hydrogen) atoms. The zero-order valence-corrected chi connectivity index (χ0v) is 22.3. The summed E-state index contributed by atoms with van der Waals surface area (Å²) in [6.07, 6.45) is 1.42. The molecule has 0 aromatic heterocycles. The molecule has 17 heteroatoms. The molecule has 210 valence electrons. The summed E-state index contributed by atoms with van der Waals surface area (Å²) >= 11 is 0. The first-order valence-corrected chi connectivity index (χ1v) is 17.5. The van der Waals surface area contributed by atoms with Gasteiger partial charge in [0.25, 0.3) is 0 Å². The lowest BCUT2D eigenvalue weighted by Gasteiger charge is -2.46. The molecule has 0 aliphatic carbocycles. The smallest absolute Gasteiger partial charge is 0.497 e. The van der Waals surface area contributed by atoms with Gasteiger partial charge in [-0.25, -0.2) is 7.26 Å². The summed E-state index contributed by atoms with van der Waals surface area (Å²) in [6, 6.07) is 5.90. The maximum absolute atomic E-state index is 13.3. The molecule has 1 unspecified atom stereocenters. The van der Waals surface area contributed by atoms with Gasteiger partial charge in [-0.1, -0.05) is 12.1 Å². The Hall–Kier alpha value is -0.880. The normalized spacial score (nSPS) is 23.2. The van der Waals surface area contributed by atoms with Crippen LogP contribution in [0.15, 0.2) is 24.3 Å². The summed E-state index contributed by atoms with van der Waals surface area (Å²) in [7, 11) is -16.8. The number of rotatable bonds is 9. The molecule has 0 bridgehead atoms. The number of halogens is 6. The molecular formula is C19H26F6O7S4. The fourth-order valence-electron chi connectivity index (χ4n) is 4.30. The van der Waals surface area contributed by atoms with Gasteiger partial charge in [-0.15, -0.1) is 20.6 Å². The van der Waals surface area contributed by atoms with Gasteiger partial charge in [0.2, 0.25) is 0 Å². The van der Waals surface area contributed by atoms with Crippen LogP contribution in [-0.2, 0) is 27.5 Å². The molecule has 7 nitrogen and oxygen atoms in total. The van der Waals surface area contributed by atoms with Crippen molar-refractivity contribution in [1.29, 1.82) is 0 Å². The van der Waals surface area contributed by atoms with Gasteiger partial charge in [0, 0.05) is 34.0 Å². The molecule has 0 radical (unpaired) electrons. The molecule has 2 heterocycles. The van der Waals surface area contributed by atoms with Gasteiger partial charge in [0.1, 0.15) is 5.75 Å². The molecule has 0 saturated carbocycles. The Morgan fingerprint density at radius 2 is 1.22 bits per heavy atom. The first-order valence-electron chi connectivity index (χ1n) is 10.7. The van der Waals surface area contributed by atoms with Crippen molar-refractivity contribution in [1.82, 2.24) is 0 Å². The highest BCUT2D eigenvalue weighted by Gasteiger charge is 2.56. The quantitative estimate of drug-likeness (QED) is 0.270. The average molecular weight is 609 g/mol. The predicted octanol–water partition coefficient (Wildman–Crippen LogP) is 5.50. The van der Waals surface area contributed by atoms with E-state index >= 15 is 0 Å². The maximum Gasteiger partial charge on any atom is 0.523 e. The van der Waals surface area contributed by atoms with Crippen LogP contribution < -0.4 is 4.74 Å². The monoisotopic (exact) mass is 608 g/mol. The number of benzene rings is 1. The first-order chi connectivity index (χ1) is 16.5. The van der Waals surface area contributed by atoms with Crippen LogP contribution in [0.3, 0.4) is 0 Å². The van der Waals surface area contributed by atoms with E-state index in [0.717, 1.165) is 0 Å². The highest BCUT2D eigenvalue weighted by Crippen LogP contribution is 2.72. The van der Waals surface area contributed by atoms with Crippen LogP contribution in [0.5, 0.6) is 5.75 Å². The van der Waals surface area contributed by atoms with Crippen LogP contribution in [0.2, 0.25) is 0 Å². The van der Waals surface area contributed by atoms with Gasteiger partial charge < -0.3 is 4.74 Å². The molecule has 3 rings (SSSR count). The highest BCUT2D eigenvalue weighted by molar-refractivity contribution is 8.36. The van der Waals surface area contributed by atoms with Crippen molar-refractivity contribution in [3.63, 3.8) is 0 Å². The number of alkyl halides is 6. The van der Waals surface area contributed by atoms with Crippen molar-refractivity contribution >= 4 is 40.9 Å². The molecule has 2 aliphatic rings. The zero-order chi connectivity index (χ0) is 27.0. The van der Waals surface area contributed by atoms with Gasteiger partial charge in [-0.05, 0) is 43.4 Å². The second-order valence-electron chi connectivity index (χ2n) is 8.43. The van der Waals surface area contributed by atoms with E-state index in [1.807, 2.05) is 0 Å². The third kappa shape index (κ3) is 6.22. The maximum atomic E-state index is 13.3. The Kier molecular flexibility index (Phi) is 8.54. The average Bonchev–Trinajstić information content (AvgIpc) is 3.40. The van der Waals surface area contributed by atoms with E-state index in [0.29, 0.717) is 37.0 Å². The van der Waals surface area contributed by atoms with Crippen molar-refractivity contribution in [3.8, 4) is 5.75 Å². The van der Waals surface area contributed by atoms with Gasteiger partial charge >= 0.3 is 31.3 Å². The molecular weight excluding hydrogens is 582 g/mol. The molecule has 1 aromatic rings. The highest BCUT2D eigenvalue weighted by atomic mass is 32.3. The first kappa shape index (κ1) is 29.7. The lowest BCUT2D eigenvalue weighted by molar-refractivity contribution is -0.0501. The Morgan fingerprint density at radius 3 is 1.67 bits per heavy atom. The Bertz CT molecular complexity index is 1120. The summed E-state index contributed by atoms with van der Waals surface area (Å²) in [5.74, 6) is -0.110. The minimum atomic E-state index is -6.03. The Balaban J connectivity index is 2.12. The molecule has 1 aromatic carbocycles. The summed E-state index contributed by atoms with van der Waals surface area (Å²) in [5, 5.41) is -1.11. The van der Waals surface area contributed by atoms with Crippen molar-refractivity contribution in [2.45, 2.75) is 41.9 Å². The van der Waals surface area contributed by atoms with E-state index in [-0.39, 0.29) is 28.8 Å². The van der Waals surface area contributed by atoms with Crippen LogP contribution >= 0.6 is 20.6 Å². The minimum Gasteiger partial charge on any atom is -0.497 e. The minimum absolute atomic E-state index is 0.0174. The summed E-state index contributed by atoms with van der Waals surface area (Å²) in [5.41, 5.74) is -11.1. The number of hydrogen-bond acceptors (Lipinski definition) is 7. The number of ether oxygens (including phenoxy) is 1. The molecule has 0 N–H and O–H groups in total. The van der Waals surface area contributed by atoms with Crippen molar-refractivity contribution in [2.75, 3.05) is 35.9 Å². The largest absolute Gasteiger partial charge is 0.523 e. The fraction of sp³-hybridized carbons (Fsp3) is 0.684. The standard InChI is InChI=1S/C19H26F6O7S4/c1-30-16-8-6-15(7-9-16)17(34(12-4-5-13-34)32-36(28,29)19(23,24)25)14-33(10-2-3-11-33)31-35(26,27)18(20,21)22/h6-9,17H,2-5,10-14H2,1H3. The lowest BCUT2D eigenvalue weighted by atomic mass is 10.1. The molecule has 0 spiro atoms. The number of hydrogen-bond donors (Lipinski definition) is 0. The van der Waals surface area contributed by atoms with Crippen molar-refractivity contribution < 1.29 is 55.2 Å². The van der Waals surface area contributed by atoms with Crippen molar-refractivity contribution in [2.24, 2.45) is 0 Å². The van der Waals surface area contributed by atoms with Crippen LogP contribution in [0, 0.1) is 0 Å².